The van der Waals surface area contributed by atoms with Crippen LogP contribution in [-0.4, -0.2) is 4.98 Å². The second kappa shape index (κ2) is 3.22. The minimum Gasteiger partial charge on any atom is -0.256 e. The normalized spacial score (nSPS) is 12.0. The van der Waals surface area contributed by atoms with Gasteiger partial charge in [-0.25, -0.2) is 0 Å². The van der Waals surface area contributed by atoms with E-state index in [0.717, 1.165) is 11.6 Å². The van der Waals surface area contributed by atoms with E-state index in [1.165, 1.54) is 12.3 Å². The third kappa shape index (κ3) is 1.67. The lowest BCUT2D eigenvalue weighted by Crippen LogP contribution is -2.06. The van der Waals surface area contributed by atoms with Gasteiger partial charge in [-0.05, 0) is 18.6 Å². The lowest BCUT2D eigenvalue weighted by atomic mass is 10.1. The number of benzene rings is 1. The van der Waals surface area contributed by atoms with Crippen molar-refractivity contribution in [1.82, 2.24) is 4.98 Å². The molecule has 0 bridgehead atoms. The molecule has 0 fully saturated rings. The Morgan fingerprint density at radius 3 is 2.53 bits per heavy atom. The molecule has 2 aromatic rings. The highest BCUT2D eigenvalue weighted by Gasteiger charge is 2.32. The fraction of sp³-hybridized carbons (Fsp3) is 0.182. The molecule has 15 heavy (non-hydrogen) atoms. The highest BCUT2D eigenvalue weighted by atomic mass is 19.4. The van der Waals surface area contributed by atoms with Crippen LogP contribution in [0.1, 0.15) is 11.1 Å². The van der Waals surface area contributed by atoms with Crippen molar-refractivity contribution in [2.75, 3.05) is 0 Å². The van der Waals surface area contributed by atoms with Crippen molar-refractivity contribution in [2.24, 2.45) is 0 Å². The summed E-state index contributed by atoms with van der Waals surface area (Å²) in [5.41, 5.74) is 0.530. The highest BCUT2D eigenvalue weighted by Crippen LogP contribution is 2.34. The third-order valence-corrected chi connectivity index (χ3v) is 2.28. The summed E-state index contributed by atoms with van der Waals surface area (Å²) >= 11 is 0. The van der Waals surface area contributed by atoms with Crippen LogP contribution in [0.4, 0.5) is 13.2 Å². The minimum absolute atomic E-state index is 0.157. The number of fused-ring (bicyclic) bond motifs is 1. The maximum Gasteiger partial charge on any atom is 0.417 e. The van der Waals surface area contributed by atoms with Gasteiger partial charge in [-0.2, -0.15) is 13.2 Å². The van der Waals surface area contributed by atoms with Gasteiger partial charge in [0.05, 0.1) is 11.1 Å². The quantitative estimate of drug-likeness (QED) is 0.649. The predicted molar refractivity (Wildman–Crippen MR) is 51.5 cm³/mol. The molecule has 1 nitrogen and oxygen atoms in total. The van der Waals surface area contributed by atoms with E-state index < -0.39 is 11.7 Å². The van der Waals surface area contributed by atoms with Gasteiger partial charge in [0.2, 0.25) is 0 Å². The van der Waals surface area contributed by atoms with Crippen LogP contribution in [0.2, 0.25) is 0 Å². The molecule has 0 unspecified atom stereocenters. The molecule has 0 radical (unpaired) electrons. The van der Waals surface area contributed by atoms with E-state index in [1.807, 2.05) is 0 Å². The van der Waals surface area contributed by atoms with Gasteiger partial charge < -0.3 is 0 Å². The van der Waals surface area contributed by atoms with E-state index in [1.54, 1.807) is 19.1 Å². The molecule has 1 heterocycles. The fourth-order valence-corrected chi connectivity index (χ4v) is 1.57. The Hall–Kier alpha value is -1.58. The van der Waals surface area contributed by atoms with Crippen LogP contribution in [0.15, 0.2) is 30.5 Å². The predicted octanol–water partition coefficient (Wildman–Crippen LogP) is 3.56. The van der Waals surface area contributed by atoms with Gasteiger partial charge in [0.15, 0.2) is 0 Å². The van der Waals surface area contributed by atoms with E-state index in [4.69, 9.17) is 0 Å². The number of pyridine rings is 1. The van der Waals surface area contributed by atoms with Gasteiger partial charge in [-0.1, -0.05) is 18.2 Å². The van der Waals surface area contributed by atoms with E-state index in [0.29, 0.717) is 5.52 Å². The smallest absolute Gasteiger partial charge is 0.256 e. The van der Waals surface area contributed by atoms with Crippen LogP contribution in [0.3, 0.4) is 0 Å². The number of aromatic nitrogens is 1. The van der Waals surface area contributed by atoms with Gasteiger partial charge in [0, 0.05) is 11.6 Å². The van der Waals surface area contributed by atoms with E-state index in [9.17, 15) is 13.2 Å². The van der Waals surface area contributed by atoms with Crippen molar-refractivity contribution in [2.45, 2.75) is 13.1 Å². The number of nitrogens with zero attached hydrogens (tertiary/aromatic N) is 1. The molecule has 1 aromatic carbocycles. The highest BCUT2D eigenvalue weighted by molar-refractivity contribution is 5.85. The number of hydrogen-bond donors (Lipinski definition) is 0. The molecule has 0 aliphatic rings. The Labute approximate surface area is 84.6 Å². The number of halogens is 3. The summed E-state index contributed by atoms with van der Waals surface area (Å²) in [5, 5.41) is 0.157. The van der Waals surface area contributed by atoms with Crippen molar-refractivity contribution in [1.29, 1.82) is 0 Å². The Morgan fingerprint density at radius 2 is 1.87 bits per heavy atom. The molecule has 2 rings (SSSR count). The first kappa shape index (κ1) is 9.96. The first-order valence-corrected chi connectivity index (χ1v) is 4.41. The summed E-state index contributed by atoms with van der Waals surface area (Å²) in [6, 6.07) is 5.80. The second-order valence-electron chi connectivity index (χ2n) is 3.33. The summed E-state index contributed by atoms with van der Waals surface area (Å²) < 4.78 is 37.9. The number of alkyl halides is 3. The summed E-state index contributed by atoms with van der Waals surface area (Å²) in [6.07, 6.45) is -3.13. The van der Waals surface area contributed by atoms with Gasteiger partial charge in [-0.15, -0.1) is 0 Å². The lowest BCUT2D eigenvalue weighted by Gasteiger charge is -2.10. The first-order valence-electron chi connectivity index (χ1n) is 4.41. The first-order chi connectivity index (χ1) is 7.00. The minimum atomic E-state index is -4.32. The van der Waals surface area contributed by atoms with Crippen molar-refractivity contribution in [3.63, 3.8) is 0 Å². The van der Waals surface area contributed by atoms with E-state index in [-0.39, 0.29) is 5.39 Å². The van der Waals surface area contributed by atoms with Crippen LogP contribution in [0.25, 0.3) is 10.9 Å². The molecule has 0 saturated heterocycles. The van der Waals surface area contributed by atoms with Gasteiger partial charge in [-0.3, -0.25) is 4.98 Å². The summed E-state index contributed by atoms with van der Waals surface area (Å²) in [5.74, 6) is 0. The van der Waals surface area contributed by atoms with Crippen molar-refractivity contribution in [3.05, 3.63) is 41.6 Å². The zero-order valence-electron chi connectivity index (χ0n) is 7.97. The van der Waals surface area contributed by atoms with Crippen LogP contribution >= 0.6 is 0 Å². The zero-order chi connectivity index (χ0) is 11.1. The standard InChI is InChI=1S/C11H8F3N/c1-7-3-2-4-8-9(11(12,13)14)5-6-15-10(7)8/h2-6H,1H3. The van der Waals surface area contributed by atoms with Crippen LogP contribution in [-0.2, 0) is 6.18 Å². The molecule has 0 aliphatic heterocycles. The van der Waals surface area contributed by atoms with Gasteiger partial charge in [0.25, 0.3) is 0 Å². The average Bonchev–Trinajstić information content (AvgIpc) is 2.16. The van der Waals surface area contributed by atoms with E-state index >= 15 is 0 Å². The zero-order valence-corrected chi connectivity index (χ0v) is 7.97. The van der Waals surface area contributed by atoms with Crippen molar-refractivity contribution in [3.8, 4) is 0 Å². The lowest BCUT2D eigenvalue weighted by molar-refractivity contribution is -0.136. The number of rotatable bonds is 0. The van der Waals surface area contributed by atoms with Crippen LogP contribution in [0.5, 0.6) is 0 Å². The average molecular weight is 211 g/mol. The fourth-order valence-electron chi connectivity index (χ4n) is 1.57. The number of hydrogen-bond acceptors (Lipinski definition) is 1. The molecular formula is C11H8F3N. The van der Waals surface area contributed by atoms with E-state index in [2.05, 4.69) is 4.98 Å². The molecule has 0 amide bonds. The molecule has 1 aromatic heterocycles. The summed E-state index contributed by atoms with van der Waals surface area (Å²) in [4.78, 5) is 3.95. The molecule has 0 atom stereocenters. The summed E-state index contributed by atoms with van der Waals surface area (Å²) in [7, 11) is 0. The topological polar surface area (TPSA) is 12.9 Å². The molecule has 0 N–H and O–H groups in total. The molecule has 4 heteroatoms. The molecule has 0 aliphatic carbocycles. The molecule has 0 saturated carbocycles. The Kier molecular flexibility index (Phi) is 2.14. The SMILES string of the molecule is Cc1cccc2c(C(F)(F)F)ccnc12. The Balaban J connectivity index is 2.83. The van der Waals surface area contributed by atoms with Crippen LogP contribution in [0, 0.1) is 6.92 Å². The monoisotopic (exact) mass is 211 g/mol. The molecular weight excluding hydrogens is 203 g/mol. The number of para-hydroxylation sites is 1. The van der Waals surface area contributed by atoms with Gasteiger partial charge in [0.1, 0.15) is 0 Å². The maximum atomic E-state index is 12.6. The summed E-state index contributed by atoms with van der Waals surface area (Å²) in [6.45, 7) is 1.75. The third-order valence-electron chi connectivity index (χ3n) is 2.28. The largest absolute Gasteiger partial charge is 0.417 e. The maximum absolute atomic E-state index is 12.6. The molecule has 78 valence electrons. The van der Waals surface area contributed by atoms with Crippen molar-refractivity contribution >= 4 is 10.9 Å². The number of aryl methyl sites for hydroxylation is 1. The van der Waals surface area contributed by atoms with Crippen LogP contribution < -0.4 is 0 Å². The molecule has 0 spiro atoms. The second-order valence-corrected chi connectivity index (χ2v) is 3.33. The van der Waals surface area contributed by atoms with Gasteiger partial charge >= 0.3 is 6.18 Å². The van der Waals surface area contributed by atoms with Crippen molar-refractivity contribution < 1.29 is 13.2 Å². The Bertz CT molecular complexity index is 503. The Morgan fingerprint density at radius 1 is 1.13 bits per heavy atom.